The molecule has 0 aliphatic carbocycles. The Morgan fingerprint density at radius 2 is 1.69 bits per heavy atom. The molecule has 1 heterocycles. The maximum atomic E-state index is 12.3. The molecular formula is C22H19ClN2O4. The molecule has 7 heteroatoms. The number of hydrogen-bond acceptors (Lipinski definition) is 4. The van der Waals surface area contributed by atoms with Crippen molar-refractivity contribution in [3.63, 3.8) is 0 Å². The number of carbonyl (C=O) groups is 2. The Balaban J connectivity index is 1.58. The summed E-state index contributed by atoms with van der Waals surface area (Å²) in [6, 6.07) is 19.1. The van der Waals surface area contributed by atoms with Crippen molar-refractivity contribution in [2.75, 3.05) is 6.54 Å². The molecular weight excluding hydrogens is 392 g/mol. The number of aromatic nitrogens is 1. The van der Waals surface area contributed by atoms with Crippen LogP contribution in [0.3, 0.4) is 0 Å². The maximum Gasteiger partial charge on any atom is 0.325 e. The van der Waals surface area contributed by atoms with Crippen molar-refractivity contribution in [3.05, 3.63) is 105 Å². The molecule has 148 valence electrons. The number of hydrogen-bond donors (Lipinski definition) is 1. The van der Waals surface area contributed by atoms with Crippen LogP contribution in [-0.4, -0.2) is 23.0 Å². The SMILES string of the molecule is O=C(CNC(=O)c1ccc(=O)n(Cc2ccccc2Cl)c1)OCc1ccccc1. The van der Waals surface area contributed by atoms with Crippen molar-refractivity contribution in [3.8, 4) is 0 Å². The lowest BCUT2D eigenvalue weighted by molar-refractivity contribution is -0.143. The number of nitrogens with one attached hydrogen (secondary N) is 1. The van der Waals surface area contributed by atoms with E-state index in [-0.39, 0.29) is 30.8 Å². The quantitative estimate of drug-likeness (QED) is 0.607. The Morgan fingerprint density at radius 1 is 0.966 bits per heavy atom. The van der Waals surface area contributed by atoms with E-state index in [2.05, 4.69) is 5.32 Å². The van der Waals surface area contributed by atoms with E-state index in [1.165, 1.54) is 22.9 Å². The summed E-state index contributed by atoms with van der Waals surface area (Å²) in [6.07, 6.45) is 1.44. The molecule has 0 saturated carbocycles. The zero-order chi connectivity index (χ0) is 20.6. The van der Waals surface area contributed by atoms with Gasteiger partial charge >= 0.3 is 5.97 Å². The second-order valence-electron chi connectivity index (χ2n) is 6.30. The van der Waals surface area contributed by atoms with Crippen LogP contribution in [0, 0.1) is 0 Å². The normalized spacial score (nSPS) is 10.4. The molecule has 3 aromatic rings. The van der Waals surface area contributed by atoms with Crippen LogP contribution < -0.4 is 10.9 Å². The van der Waals surface area contributed by atoms with Crippen LogP contribution in [0.5, 0.6) is 0 Å². The molecule has 0 fully saturated rings. The number of amides is 1. The van der Waals surface area contributed by atoms with Crippen molar-refractivity contribution in [1.82, 2.24) is 9.88 Å². The van der Waals surface area contributed by atoms with Crippen molar-refractivity contribution < 1.29 is 14.3 Å². The topological polar surface area (TPSA) is 77.4 Å². The van der Waals surface area contributed by atoms with Gasteiger partial charge in [-0.1, -0.05) is 60.1 Å². The van der Waals surface area contributed by atoms with E-state index in [1.54, 1.807) is 12.1 Å². The van der Waals surface area contributed by atoms with E-state index >= 15 is 0 Å². The summed E-state index contributed by atoms with van der Waals surface area (Å²) in [6.45, 7) is 0.103. The second kappa shape index (κ2) is 9.71. The summed E-state index contributed by atoms with van der Waals surface area (Å²) in [7, 11) is 0. The van der Waals surface area contributed by atoms with Crippen LogP contribution in [0.15, 0.2) is 77.7 Å². The minimum absolute atomic E-state index is 0.137. The first kappa shape index (κ1) is 20.4. The Bertz CT molecular complexity index is 1060. The van der Waals surface area contributed by atoms with E-state index in [9.17, 15) is 14.4 Å². The highest BCUT2D eigenvalue weighted by Crippen LogP contribution is 2.15. The van der Waals surface area contributed by atoms with Crippen LogP contribution in [0.4, 0.5) is 0 Å². The van der Waals surface area contributed by atoms with Crippen LogP contribution in [0.25, 0.3) is 0 Å². The van der Waals surface area contributed by atoms with Gasteiger partial charge in [-0.3, -0.25) is 14.4 Å². The predicted molar refractivity (Wildman–Crippen MR) is 110 cm³/mol. The van der Waals surface area contributed by atoms with E-state index in [1.807, 2.05) is 42.5 Å². The molecule has 29 heavy (non-hydrogen) atoms. The van der Waals surface area contributed by atoms with Gasteiger partial charge in [0.05, 0.1) is 12.1 Å². The van der Waals surface area contributed by atoms with Gasteiger partial charge in [0.2, 0.25) is 0 Å². The zero-order valence-electron chi connectivity index (χ0n) is 15.5. The monoisotopic (exact) mass is 410 g/mol. The Hall–Kier alpha value is -3.38. The lowest BCUT2D eigenvalue weighted by Crippen LogP contribution is -2.31. The van der Waals surface area contributed by atoms with E-state index in [4.69, 9.17) is 16.3 Å². The molecule has 0 radical (unpaired) electrons. The van der Waals surface area contributed by atoms with Crippen molar-refractivity contribution in [2.45, 2.75) is 13.2 Å². The largest absolute Gasteiger partial charge is 0.460 e. The predicted octanol–water partition coefficient (Wildman–Crippen LogP) is 3.02. The summed E-state index contributed by atoms with van der Waals surface area (Å²) in [5.74, 6) is -1.03. The van der Waals surface area contributed by atoms with Crippen molar-refractivity contribution in [1.29, 1.82) is 0 Å². The molecule has 0 bridgehead atoms. The van der Waals surface area contributed by atoms with Gasteiger partial charge in [-0.15, -0.1) is 0 Å². The van der Waals surface area contributed by atoms with Gasteiger partial charge in [-0.25, -0.2) is 0 Å². The minimum atomic E-state index is -0.549. The second-order valence-corrected chi connectivity index (χ2v) is 6.71. The molecule has 0 aliphatic heterocycles. The van der Waals surface area contributed by atoms with Gasteiger partial charge < -0.3 is 14.6 Å². The molecule has 3 rings (SSSR count). The van der Waals surface area contributed by atoms with E-state index in [0.717, 1.165) is 11.1 Å². The summed E-state index contributed by atoms with van der Waals surface area (Å²) in [4.78, 5) is 36.3. The molecule has 1 aromatic heterocycles. The average molecular weight is 411 g/mol. The number of nitrogens with zero attached hydrogens (tertiary/aromatic N) is 1. The van der Waals surface area contributed by atoms with E-state index < -0.39 is 11.9 Å². The summed E-state index contributed by atoms with van der Waals surface area (Å²) in [5.41, 5.74) is 1.62. The lowest BCUT2D eigenvalue weighted by Gasteiger charge is -2.10. The molecule has 2 aromatic carbocycles. The van der Waals surface area contributed by atoms with Gasteiger partial charge in [0.25, 0.3) is 11.5 Å². The number of benzene rings is 2. The third-order valence-electron chi connectivity index (χ3n) is 4.18. The third-order valence-corrected chi connectivity index (χ3v) is 4.55. The fourth-order valence-electron chi connectivity index (χ4n) is 2.64. The first-order chi connectivity index (χ1) is 14.0. The maximum absolute atomic E-state index is 12.3. The zero-order valence-corrected chi connectivity index (χ0v) is 16.3. The fraction of sp³-hybridized carbons (Fsp3) is 0.136. The molecule has 0 atom stereocenters. The first-order valence-electron chi connectivity index (χ1n) is 8.94. The van der Waals surface area contributed by atoms with Crippen molar-refractivity contribution in [2.24, 2.45) is 0 Å². The molecule has 0 aliphatic rings. The Labute approximate surface area is 172 Å². The van der Waals surface area contributed by atoms with Gasteiger partial charge in [0.15, 0.2) is 0 Å². The lowest BCUT2D eigenvalue weighted by atomic mass is 10.2. The standard InChI is InChI=1S/C22H19ClN2O4/c23-19-9-5-4-8-17(19)13-25-14-18(10-11-20(25)26)22(28)24-12-21(27)29-15-16-6-2-1-3-7-16/h1-11,14H,12-13,15H2,(H,24,28). The minimum Gasteiger partial charge on any atom is -0.460 e. The molecule has 0 saturated heterocycles. The summed E-state index contributed by atoms with van der Waals surface area (Å²) >= 11 is 6.14. The number of ether oxygens (including phenoxy) is 1. The fourth-order valence-corrected chi connectivity index (χ4v) is 2.84. The average Bonchev–Trinajstić information content (AvgIpc) is 2.74. The van der Waals surface area contributed by atoms with Gasteiger partial charge in [-0.2, -0.15) is 0 Å². The highest BCUT2D eigenvalue weighted by atomic mass is 35.5. The highest BCUT2D eigenvalue weighted by molar-refractivity contribution is 6.31. The van der Waals surface area contributed by atoms with Crippen LogP contribution >= 0.6 is 11.6 Å². The molecule has 1 amide bonds. The molecule has 0 unspecified atom stereocenters. The van der Waals surface area contributed by atoms with Gasteiger partial charge in [0.1, 0.15) is 13.2 Å². The van der Waals surface area contributed by atoms with E-state index in [0.29, 0.717) is 5.02 Å². The Kier molecular flexibility index (Phi) is 6.81. The number of pyridine rings is 1. The Morgan fingerprint density at radius 3 is 2.45 bits per heavy atom. The summed E-state index contributed by atoms with van der Waals surface area (Å²) < 4.78 is 6.52. The van der Waals surface area contributed by atoms with Gasteiger partial charge in [0, 0.05) is 17.3 Å². The van der Waals surface area contributed by atoms with Crippen molar-refractivity contribution >= 4 is 23.5 Å². The van der Waals surface area contributed by atoms with Crippen LogP contribution in [-0.2, 0) is 22.7 Å². The van der Waals surface area contributed by atoms with Crippen LogP contribution in [0.1, 0.15) is 21.5 Å². The molecule has 1 N–H and O–H groups in total. The molecule has 0 spiro atoms. The highest BCUT2D eigenvalue weighted by Gasteiger charge is 2.11. The summed E-state index contributed by atoms with van der Waals surface area (Å²) in [5, 5.41) is 3.04. The number of rotatable bonds is 7. The first-order valence-corrected chi connectivity index (χ1v) is 9.32. The number of carbonyl (C=O) groups excluding carboxylic acids is 2. The van der Waals surface area contributed by atoms with Crippen LogP contribution in [0.2, 0.25) is 5.02 Å². The third kappa shape index (κ3) is 5.80. The smallest absolute Gasteiger partial charge is 0.325 e. The number of halogens is 1. The number of esters is 1. The van der Waals surface area contributed by atoms with Gasteiger partial charge in [-0.05, 0) is 23.3 Å². The molecule has 6 nitrogen and oxygen atoms in total.